The summed E-state index contributed by atoms with van der Waals surface area (Å²) in [5.41, 5.74) is 0.975. The summed E-state index contributed by atoms with van der Waals surface area (Å²) < 4.78 is 0. The average molecular weight is 230 g/mol. The maximum absolute atomic E-state index is 11.5. The molecule has 0 spiro atoms. The number of hydrogen-bond acceptors (Lipinski definition) is 2. The summed E-state index contributed by atoms with van der Waals surface area (Å²) in [6, 6.07) is 9.51. The van der Waals surface area contributed by atoms with Crippen LogP contribution in [-0.2, 0) is 9.59 Å². The maximum atomic E-state index is 11.5. The van der Waals surface area contributed by atoms with Crippen molar-refractivity contribution in [2.75, 3.05) is 6.54 Å². The molecule has 1 heterocycles. The lowest BCUT2D eigenvalue weighted by atomic mass is 10.2. The van der Waals surface area contributed by atoms with Crippen molar-refractivity contribution in [3.8, 4) is 0 Å². The Balaban J connectivity index is 1.85. The third kappa shape index (κ3) is 3.45. The monoisotopic (exact) mass is 230 g/mol. The molecule has 0 saturated carbocycles. The quantitative estimate of drug-likeness (QED) is 0.751. The van der Waals surface area contributed by atoms with Gasteiger partial charge in [-0.2, -0.15) is 0 Å². The molecule has 1 aliphatic heterocycles. The third-order valence-electron chi connectivity index (χ3n) is 2.55. The summed E-state index contributed by atoms with van der Waals surface area (Å²) in [7, 11) is 0. The normalized spacial score (nSPS) is 19.3. The molecule has 1 aliphatic rings. The van der Waals surface area contributed by atoms with Gasteiger partial charge in [0.25, 0.3) is 0 Å². The second-order valence-electron chi connectivity index (χ2n) is 3.96. The minimum absolute atomic E-state index is 0.0117. The molecule has 0 radical (unpaired) electrons. The molecular weight excluding hydrogens is 216 g/mol. The van der Waals surface area contributed by atoms with Gasteiger partial charge in [-0.15, -0.1) is 0 Å². The van der Waals surface area contributed by atoms with Crippen molar-refractivity contribution in [2.45, 2.75) is 12.5 Å². The lowest BCUT2D eigenvalue weighted by Gasteiger charge is -2.07. The molecule has 1 saturated heterocycles. The Morgan fingerprint density at radius 2 is 2.12 bits per heavy atom. The summed E-state index contributed by atoms with van der Waals surface area (Å²) >= 11 is 0. The van der Waals surface area contributed by atoms with Crippen LogP contribution in [0.2, 0.25) is 0 Å². The van der Waals surface area contributed by atoms with Gasteiger partial charge in [0.05, 0.1) is 6.04 Å². The van der Waals surface area contributed by atoms with Gasteiger partial charge in [0.15, 0.2) is 0 Å². The second-order valence-corrected chi connectivity index (χ2v) is 3.96. The van der Waals surface area contributed by atoms with E-state index in [0.29, 0.717) is 13.0 Å². The Morgan fingerprint density at radius 3 is 2.76 bits per heavy atom. The maximum Gasteiger partial charge on any atom is 0.244 e. The lowest BCUT2D eigenvalue weighted by Crippen LogP contribution is -2.34. The summed E-state index contributed by atoms with van der Waals surface area (Å²) in [5, 5.41) is 5.44. The average Bonchev–Trinajstić information content (AvgIpc) is 2.73. The van der Waals surface area contributed by atoms with Gasteiger partial charge in [-0.25, -0.2) is 0 Å². The molecule has 2 rings (SSSR count). The molecule has 4 nitrogen and oxygen atoms in total. The number of rotatable bonds is 3. The van der Waals surface area contributed by atoms with Crippen LogP contribution in [0.3, 0.4) is 0 Å². The molecule has 1 aromatic carbocycles. The highest BCUT2D eigenvalue weighted by molar-refractivity contribution is 5.92. The Morgan fingerprint density at radius 1 is 1.35 bits per heavy atom. The molecule has 4 heteroatoms. The van der Waals surface area contributed by atoms with Crippen molar-refractivity contribution in [2.24, 2.45) is 0 Å². The predicted octanol–water partition coefficient (Wildman–Crippen LogP) is 0.705. The van der Waals surface area contributed by atoms with Crippen LogP contribution in [0.4, 0.5) is 0 Å². The number of nitrogens with one attached hydrogen (secondary N) is 2. The molecule has 0 bridgehead atoms. The first-order valence-corrected chi connectivity index (χ1v) is 5.54. The fourth-order valence-corrected chi connectivity index (χ4v) is 1.69. The van der Waals surface area contributed by atoms with Gasteiger partial charge in [0.2, 0.25) is 11.8 Å². The van der Waals surface area contributed by atoms with Crippen molar-refractivity contribution in [1.82, 2.24) is 10.6 Å². The van der Waals surface area contributed by atoms with Gasteiger partial charge >= 0.3 is 0 Å². The van der Waals surface area contributed by atoms with Crippen LogP contribution < -0.4 is 10.6 Å². The highest BCUT2D eigenvalue weighted by Gasteiger charge is 2.21. The van der Waals surface area contributed by atoms with Crippen molar-refractivity contribution in [3.63, 3.8) is 0 Å². The van der Waals surface area contributed by atoms with E-state index in [9.17, 15) is 9.59 Å². The van der Waals surface area contributed by atoms with Crippen molar-refractivity contribution in [1.29, 1.82) is 0 Å². The zero-order chi connectivity index (χ0) is 12.1. The molecule has 1 fully saturated rings. The molecule has 0 aliphatic carbocycles. The lowest BCUT2D eigenvalue weighted by molar-refractivity contribution is -0.119. The van der Waals surface area contributed by atoms with E-state index in [1.54, 1.807) is 6.08 Å². The van der Waals surface area contributed by atoms with Crippen molar-refractivity contribution >= 4 is 17.9 Å². The Bertz CT molecular complexity index is 440. The van der Waals surface area contributed by atoms with Gasteiger partial charge in [0.1, 0.15) is 0 Å². The number of hydrogen-bond donors (Lipinski definition) is 2. The molecule has 0 aromatic heterocycles. The van der Waals surface area contributed by atoms with Crippen LogP contribution in [0.25, 0.3) is 6.08 Å². The second kappa shape index (κ2) is 5.30. The van der Waals surface area contributed by atoms with Crippen LogP contribution in [-0.4, -0.2) is 24.4 Å². The molecule has 17 heavy (non-hydrogen) atoms. The largest absolute Gasteiger partial charge is 0.354 e. The summed E-state index contributed by atoms with van der Waals surface area (Å²) in [5.74, 6) is -0.183. The summed E-state index contributed by atoms with van der Waals surface area (Å²) in [6.07, 6.45) is 3.60. The molecule has 88 valence electrons. The zero-order valence-corrected chi connectivity index (χ0v) is 9.35. The van der Waals surface area contributed by atoms with E-state index in [0.717, 1.165) is 5.56 Å². The minimum atomic E-state index is -0.171. The van der Waals surface area contributed by atoms with E-state index in [1.165, 1.54) is 6.08 Å². The van der Waals surface area contributed by atoms with Crippen LogP contribution in [0.1, 0.15) is 12.0 Å². The molecule has 1 aromatic rings. The minimum Gasteiger partial charge on any atom is -0.354 e. The number of carbonyl (C=O) groups is 2. The molecule has 2 N–H and O–H groups in total. The first-order valence-electron chi connectivity index (χ1n) is 5.54. The first-order chi connectivity index (χ1) is 8.24. The Kier molecular flexibility index (Phi) is 3.55. The zero-order valence-electron chi connectivity index (χ0n) is 9.35. The number of amides is 2. The van der Waals surface area contributed by atoms with Crippen LogP contribution >= 0.6 is 0 Å². The van der Waals surface area contributed by atoms with E-state index in [2.05, 4.69) is 10.6 Å². The van der Waals surface area contributed by atoms with Crippen molar-refractivity contribution < 1.29 is 9.59 Å². The smallest absolute Gasteiger partial charge is 0.244 e. The topological polar surface area (TPSA) is 58.2 Å². The van der Waals surface area contributed by atoms with Crippen LogP contribution in [0.15, 0.2) is 36.4 Å². The number of benzene rings is 1. The predicted molar refractivity (Wildman–Crippen MR) is 65.0 cm³/mol. The third-order valence-corrected chi connectivity index (χ3v) is 2.55. The summed E-state index contributed by atoms with van der Waals surface area (Å²) in [4.78, 5) is 22.5. The van der Waals surface area contributed by atoms with E-state index in [1.807, 2.05) is 30.3 Å². The van der Waals surface area contributed by atoms with Gasteiger partial charge in [0, 0.05) is 19.0 Å². The fraction of sp³-hybridized carbons (Fsp3) is 0.231. The molecular formula is C13H14N2O2. The SMILES string of the molecule is O=C(/C=C/c1ccccc1)NC1CNC(=O)C1. The first kappa shape index (κ1) is 11.4. The van der Waals surface area contributed by atoms with E-state index in [-0.39, 0.29) is 17.9 Å². The number of carbonyl (C=O) groups excluding carboxylic acids is 2. The highest BCUT2D eigenvalue weighted by atomic mass is 16.2. The Hall–Kier alpha value is -2.10. The molecule has 1 atom stereocenters. The van der Waals surface area contributed by atoms with E-state index >= 15 is 0 Å². The van der Waals surface area contributed by atoms with Gasteiger partial charge in [-0.05, 0) is 11.6 Å². The highest BCUT2D eigenvalue weighted by Crippen LogP contribution is 2.02. The fourth-order valence-electron chi connectivity index (χ4n) is 1.69. The van der Waals surface area contributed by atoms with Gasteiger partial charge in [-0.3, -0.25) is 9.59 Å². The molecule has 2 amide bonds. The van der Waals surface area contributed by atoms with Crippen LogP contribution in [0, 0.1) is 0 Å². The summed E-state index contributed by atoms with van der Waals surface area (Å²) in [6.45, 7) is 0.518. The standard InChI is InChI=1S/C13H14N2O2/c16-12(15-11-8-13(17)14-9-11)7-6-10-4-2-1-3-5-10/h1-7,11H,8-9H2,(H,14,17)(H,15,16)/b7-6+. The van der Waals surface area contributed by atoms with Crippen LogP contribution in [0.5, 0.6) is 0 Å². The van der Waals surface area contributed by atoms with Gasteiger partial charge in [-0.1, -0.05) is 30.3 Å². The van der Waals surface area contributed by atoms with Gasteiger partial charge < -0.3 is 10.6 Å². The molecule has 1 unspecified atom stereocenters. The van der Waals surface area contributed by atoms with E-state index < -0.39 is 0 Å². The van der Waals surface area contributed by atoms with Crippen molar-refractivity contribution in [3.05, 3.63) is 42.0 Å². The van der Waals surface area contributed by atoms with E-state index in [4.69, 9.17) is 0 Å². The Labute approximate surface area is 99.7 Å².